The number of hydrogen-bond acceptors (Lipinski definition) is 6. The molecule has 8 heteroatoms. The Kier molecular flexibility index (Phi) is 11.4. The van der Waals surface area contributed by atoms with E-state index >= 15 is 0 Å². The summed E-state index contributed by atoms with van der Waals surface area (Å²) in [5.41, 5.74) is 0. The van der Waals surface area contributed by atoms with Crippen LogP contribution in [0.25, 0.3) is 0 Å². The Balaban J connectivity index is 2.68. The van der Waals surface area contributed by atoms with Gasteiger partial charge < -0.3 is 31.1 Å². The largest absolute Gasteiger partial charge is 0.394 e. The minimum atomic E-state index is -1.49. The van der Waals surface area contributed by atoms with Crippen LogP contribution in [0.2, 0.25) is 0 Å². The van der Waals surface area contributed by atoms with Crippen LogP contribution in [0.15, 0.2) is 0 Å². The van der Waals surface area contributed by atoms with E-state index in [2.05, 4.69) is 10.6 Å². The van der Waals surface area contributed by atoms with Crippen LogP contribution in [0.1, 0.15) is 52.9 Å². The van der Waals surface area contributed by atoms with E-state index in [9.17, 15) is 24.5 Å². The molecule has 0 bridgehead atoms. The molecule has 0 aromatic rings. The van der Waals surface area contributed by atoms with Gasteiger partial charge in [0.25, 0.3) is 0 Å². The molecule has 1 saturated heterocycles. The van der Waals surface area contributed by atoms with Gasteiger partial charge in [0.05, 0.1) is 25.4 Å². The number of carbonyl (C=O) groups is 1. The van der Waals surface area contributed by atoms with Gasteiger partial charge in [-0.25, -0.2) is 0 Å². The van der Waals surface area contributed by atoms with E-state index in [0.717, 1.165) is 19.3 Å². The Hall–Kier alpha value is -0.800. The molecule has 1 aliphatic heterocycles. The predicted molar refractivity (Wildman–Crippen MR) is 105 cm³/mol. The third-order valence-electron chi connectivity index (χ3n) is 5.93. The molecule has 7 nitrogen and oxygen atoms in total. The van der Waals surface area contributed by atoms with Gasteiger partial charge in [0.2, 0.25) is 5.91 Å². The van der Waals surface area contributed by atoms with Crippen LogP contribution >= 0.6 is 0 Å². The lowest BCUT2D eigenvalue weighted by molar-refractivity contribution is -0.127. The van der Waals surface area contributed by atoms with Crippen molar-refractivity contribution < 1.29 is 29.6 Å². The van der Waals surface area contributed by atoms with Gasteiger partial charge in [-0.15, -0.1) is 0 Å². The lowest BCUT2D eigenvalue weighted by atomic mass is 9.84. The maximum absolute atomic E-state index is 12.8. The molecule has 1 amide bonds. The number of amides is 1. The third kappa shape index (κ3) is 7.55. The lowest BCUT2D eigenvalue weighted by Crippen LogP contribution is -2.55. The van der Waals surface area contributed by atoms with Crippen LogP contribution in [0.5, 0.6) is 0 Å². The smallest absolute Gasteiger partial charge is 0.237 e. The summed E-state index contributed by atoms with van der Waals surface area (Å²) in [5.74, 6) is -0.253. The van der Waals surface area contributed by atoms with E-state index in [1.807, 2.05) is 13.8 Å². The molecule has 1 aliphatic rings. The number of rotatable bonds is 11. The van der Waals surface area contributed by atoms with Gasteiger partial charge in [0, 0.05) is 12.0 Å². The van der Waals surface area contributed by atoms with Crippen LogP contribution in [-0.2, 0) is 4.79 Å². The Labute approximate surface area is 167 Å². The molecule has 1 heterocycles. The molecule has 1 rings (SSSR count). The molecular weight excluding hydrogens is 367 g/mol. The Morgan fingerprint density at radius 2 is 1.82 bits per heavy atom. The average molecular weight is 407 g/mol. The van der Waals surface area contributed by atoms with Crippen molar-refractivity contribution in [3.05, 3.63) is 0 Å². The highest BCUT2D eigenvalue weighted by molar-refractivity contribution is 5.82. The number of halogens is 1. The summed E-state index contributed by atoms with van der Waals surface area (Å²) in [5, 5.41) is 45.2. The van der Waals surface area contributed by atoms with Crippen molar-refractivity contribution in [2.24, 2.45) is 17.8 Å². The van der Waals surface area contributed by atoms with Crippen LogP contribution < -0.4 is 10.6 Å². The molecule has 0 aliphatic carbocycles. The number of carbonyl (C=O) groups excluding carboxylic acids is 1. The summed E-state index contributed by atoms with van der Waals surface area (Å²) in [6.07, 6.45) is -0.340. The molecule has 1 fully saturated rings. The fourth-order valence-electron chi connectivity index (χ4n) is 4.02. The first-order valence-electron chi connectivity index (χ1n) is 10.5. The van der Waals surface area contributed by atoms with Gasteiger partial charge >= 0.3 is 0 Å². The molecular formula is C20H39FN2O5. The summed E-state index contributed by atoms with van der Waals surface area (Å²) in [6.45, 7) is 5.28. The van der Waals surface area contributed by atoms with Crippen molar-refractivity contribution in [1.82, 2.24) is 10.6 Å². The summed E-state index contributed by atoms with van der Waals surface area (Å²) in [6, 6.07) is -0.746. The molecule has 0 aromatic carbocycles. The summed E-state index contributed by atoms with van der Waals surface area (Å²) in [4.78, 5) is 12.8. The van der Waals surface area contributed by atoms with Crippen LogP contribution in [0.3, 0.4) is 0 Å². The van der Waals surface area contributed by atoms with Crippen LogP contribution in [-0.4, -0.2) is 76.6 Å². The summed E-state index contributed by atoms with van der Waals surface area (Å²) >= 11 is 0. The monoisotopic (exact) mass is 406 g/mol. The second kappa shape index (κ2) is 12.7. The maximum atomic E-state index is 12.8. The minimum Gasteiger partial charge on any atom is -0.394 e. The van der Waals surface area contributed by atoms with E-state index < -0.39 is 36.9 Å². The Morgan fingerprint density at radius 1 is 1.14 bits per heavy atom. The Morgan fingerprint density at radius 3 is 2.39 bits per heavy atom. The van der Waals surface area contributed by atoms with E-state index in [1.54, 1.807) is 6.92 Å². The zero-order chi connectivity index (χ0) is 21.3. The molecule has 0 unspecified atom stereocenters. The van der Waals surface area contributed by atoms with Crippen molar-refractivity contribution in [3.8, 4) is 0 Å². The molecule has 166 valence electrons. The van der Waals surface area contributed by atoms with Gasteiger partial charge in [-0.05, 0) is 50.5 Å². The molecule has 28 heavy (non-hydrogen) atoms. The lowest BCUT2D eigenvalue weighted by Gasteiger charge is -2.35. The number of nitrogens with one attached hydrogen (secondary N) is 2. The first-order valence-corrected chi connectivity index (χ1v) is 10.5. The normalized spacial score (nSPS) is 26.2. The zero-order valence-electron chi connectivity index (χ0n) is 17.4. The van der Waals surface area contributed by atoms with E-state index in [-0.39, 0.29) is 24.5 Å². The molecule has 0 radical (unpaired) electrons. The molecule has 0 saturated carbocycles. The van der Waals surface area contributed by atoms with Crippen molar-refractivity contribution in [3.63, 3.8) is 0 Å². The second-order valence-electron chi connectivity index (χ2n) is 8.44. The standard InChI is InChI=1S/C20H39FN2O5/c1-12(2)17(13(3)18(26)19(27)16(25)11-24)23-20(28)15-7-6-14(5-4-9-21)8-10-22-15/h12-19,22,24-27H,4-11H2,1-3H3,(H,23,28)/t13-,14+,15+,16+,17-,18+,19-/m1/s1. The van der Waals surface area contributed by atoms with Crippen molar-refractivity contribution >= 4 is 5.91 Å². The second-order valence-corrected chi connectivity index (χ2v) is 8.44. The van der Waals surface area contributed by atoms with Crippen molar-refractivity contribution in [2.45, 2.75) is 83.3 Å². The average Bonchev–Trinajstić information content (AvgIpc) is 2.93. The third-order valence-corrected chi connectivity index (χ3v) is 5.93. The summed E-state index contributed by atoms with van der Waals surface area (Å²) < 4.78 is 12.4. The van der Waals surface area contributed by atoms with E-state index in [1.165, 1.54) is 0 Å². The first kappa shape index (κ1) is 25.2. The number of alkyl halides is 1. The highest BCUT2D eigenvalue weighted by Gasteiger charge is 2.36. The highest BCUT2D eigenvalue weighted by Crippen LogP contribution is 2.23. The fourth-order valence-corrected chi connectivity index (χ4v) is 4.02. The van der Waals surface area contributed by atoms with Gasteiger partial charge in [-0.2, -0.15) is 0 Å². The van der Waals surface area contributed by atoms with Gasteiger partial charge in [0.15, 0.2) is 0 Å². The van der Waals surface area contributed by atoms with Gasteiger partial charge in [-0.1, -0.05) is 20.8 Å². The maximum Gasteiger partial charge on any atom is 0.237 e. The van der Waals surface area contributed by atoms with Gasteiger partial charge in [0.1, 0.15) is 12.2 Å². The molecule has 0 spiro atoms. The fraction of sp³-hybridized carbons (Fsp3) is 0.950. The van der Waals surface area contributed by atoms with Crippen LogP contribution in [0.4, 0.5) is 4.39 Å². The van der Waals surface area contributed by atoms with Crippen LogP contribution in [0, 0.1) is 17.8 Å². The minimum absolute atomic E-state index is 0.00449. The number of aliphatic hydroxyl groups is 4. The topological polar surface area (TPSA) is 122 Å². The molecule has 7 atom stereocenters. The molecule has 0 aromatic heterocycles. The van der Waals surface area contributed by atoms with E-state index in [4.69, 9.17) is 5.11 Å². The van der Waals surface area contributed by atoms with Crippen molar-refractivity contribution in [2.75, 3.05) is 19.8 Å². The van der Waals surface area contributed by atoms with Crippen molar-refractivity contribution in [1.29, 1.82) is 0 Å². The first-order chi connectivity index (χ1) is 13.2. The Bertz CT molecular complexity index is 454. The SMILES string of the molecule is CC(C)[C@@H](NC(=O)[C@@H]1CC[C@H](CCCF)CCN1)[C@@H](C)[C@H](O)[C@H](O)[C@@H](O)CO. The number of hydrogen-bond donors (Lipinski definition) is 6. The highest BCUT2D eigenvalue weighted by atomic mass is 19.1. The molecule has 6 N–H and O–H groups in total. The quantitative estimate of drug-likeness (QED) is 0.294. The number of aliphatic hydroxyl groups excluding tert-OH is 4. The van der Waals surface area contributed by atoms with Gasteiger partial charge in [-0.3, -0.25) is 9.18 Å². The summed E-state index contributed by atoms with van der Waals surface area (Å²) in [7, 11) is 0. The van der Waals surface area contributed by atoms with E-state index in [0.29, 0.717) is 25.3 Å². The predicted octanol–water partition coefficient (Wildman–Crippen LogP) is 0.346. The zero-order valence-corrected chi connectivity index (χ0v) is 17.4.